The molecule has 0 aliphatic heterocycles. The molecule has 0 saturated heterocycles. The van der Waals surface area contributed by atoms with E-state index in [-0.39, 0.29) is 5.15 Å². The monoisotopic (exact) mass is 274 g/mol. The van der Waals surface area contributed by atoms with E-state index in [0.29, 0.717) is 11.3 Å². The molecule has 0 amide bonds. The molecule has 0 fully saturated rings. The highest BCUT2D eigenvalue weighted by atomic mass is 35.5. The van der Waals surface area contributed by atoms with Crippen molar-refractivity contribution in [3.8, 4) is 5.75 Å². The largest absolute Gasteiger partial charge is 0.496 e. The van der Waals surface area contributed by atoms with Crippen molar-refractivity contribution >= 4 is 28.8 Å². The lowest BCUT2D eigenvalue weighted by Gasteiger charge is -2.13. The molecule has 0 aliphatic rings. The van der Waals surface area contributed by atoms with Gasteiger partial charge in [-0.3, -0.25) is 0 Å². The van der Waals surface area contributed by atoms with E-state index in [1.54, 1.807) is 12.3 Å². The summed E-state index contributed by atoms with van der Waals surface area (Å²) in [5.74, 6) is 0.555. The highest BCUT2D eigenvalue weighted by molar-refractivity contribution is 7.85. The predicted molar refractivity (Wildman–Crippen MR) is 71.3 cm³/mol. The van der Waals surface area contributed by atoms with E-state index in [0.717, 1.165) is 0 Å². The summed E-state index contributed by atoms with van der Waals surface area (Å²) in [6.07, 6.45) is 2.98. The first kappa shape index (κ1) is 14.1. The highest BCUT2D eigenvalue weighted by Crippen LogP contribution is 2.22. The fourth-order valence-electron chi connectivity index (χ4n) is 0.985. The molecule has 0 N–H and O–H groups in total. The lowest BCUT2D eigenvalue weighted by Crippen LogP contribution is -2.19. The van der Waals surface area contributed by atoms with Gasteiger partial charge in [-0.05, 0) is 26.8 Å². The molecular formula is C11H15ClN2O2S. The van der Waals surface area contributed by atoms with Crippen LogP contribution in [0.25, 0.3) is 0 Å². The number of pyridine rings is 1. The average molecular weight is 275 g/mol. The summed E-state index contributed by atoms with van der Waals surface area (Å²) in [4.78, 5) is 3.92. The fourth-order valence-corrected chi connectivity index (χ4v) is 1.70. The van der Waals surface area contributed by atoms with Crippen LogP contribution < -0.4 is 4.74 Å². The highest BCUT2D eigenvalue weighted by Gasteiger charge is 2.18. The average Bonchev–Trinajstić information content (AvgIpc) is 2.25. The summed E-state index contributed by atoms with van der Waals surface area (Å²) in [7, 11) is 0.203. The smallest absolute Gasteiger partial charge is 0.144 e. The fraction of sp³-hybridized carbons (Fsp3) is 0.455. The molecular weight excluding hydrogens is 260 g/mol. The Morgan fingerprint density at radius 2 is 2.18 bits per heavy atom. The number of aromatic nitrogens is 1. The minimum Gasteiger partial charge on any atom is -0.496 e. The second-order valence-corrected chi connectivity index (χ2v) is 6.61. The van der Waals surface area contributed by atoms with Crippen molar-refractivity contribution in [2.45, 2.75) is 25.5 Å². The summed E-state index contributed by atoms with van der Waals surface area (Å²) in [6, 6.07) is 1.67. The Morgan fingerprint density at radius 1 is 1.53 bits per heavy atom. The van der Waals surface area contributed by atoms with E-state index in [1.165, 1.54) is 13.3 Å². The van der Waals surface area contributed by atoms with Gasteiger partial charge in [-0.1, -0.05) is 11.6 Å². The number of halogens is 1. The maximum absolute atomic E-state index is 11.8. The minimum absolute atomic E-state index is 0.277. The molecule has 17 heavy (non-hydrogen) atoms. The van der Waals surface area contributed by atoms with Gasteiger partial charge in [0.15, 0.2) is 0 Å². The number of hydrogen-bond donors (Lipinski definition) is 0. The molecule has 0 unspecified atom stereocenters. The third-order valence-corrected chi connectivity index (χ3v) is 3.57. The number of methoxy groups -OCH3 is 1. The molecule has 1 rings (SSSR count). The van der Waals surface area contributed by atoms with Gasteiger partial charge in [0, 0.05) is 6.20 Å². The van der Waals surface area contributed by atoms with Crippen LogP contribution in [0.4, 0.5) is 0 Å². The van der Waals surface area contributed by atoms with Gasteiger partial charge in [0.1, 0.15) is 21.9 Å². The molecule has 1 aromatic heterocycles. The number of rotatable bonds is 3. The lowest BCUT2D eigenvalue weighted by atomic mass is 10.3. The Hall–Kier alpha value is -0.940. The molecule has 1 aromatic rings. The van der Waals surface area contributed by atoms with Gasteiger partial charge >= 0.3 is 0 Å². The Balaban J connectivity index is 3.03. The summed E-state index contributed by atoms with van der Waals surface area (Å²) in [5, 5.41) is 0.277. The molecule has 0 aliphatic carbocycles. The van der Waals surface area contributed by atoms with Crippen LogP contribution in [0.2, 0.25) is 5.15 Å². The van der Waals surface area contributed by atoms with Gasteiger partial charge < -0.3 is 4.74 Å². The Morgan fingerprint density at radius 3 is 2.71 bits per heavy atom. The molecule has 1 atom stereocenters. The van der Waals surface area contributed by atoms with Crippen LogP contribution in [0.15, 0.2) is 16.7 Å². The van der Waals surface area contributed by atoms with Crippen LogP contribution >= 0.6 is 11.6 Å². The van der Waals surface area contributed by atoms with Gasteiger partial charge in [0.25, 0.3) is 0 Å². The van der Waals surface area contributed by atoms with Crippen LogP contribution in [0.5, 0.6) is 5.75 Å². The van der Waals surface area contributed by atoms with Crippen molar-refractivity contribution in [3.05, 3.63) is 23.0 Å². The van der Waals surface area contributed by atoms with Crippen LogP contribution in [-0.4, -0.2) is 27.3 Å². The summed E-state index contributed by atoms with van der Waals surface area (Å²) in [5.41, 5.74) is 0.536. The Kier molecular flexibility index (Phi) is 4.65. The molecule has 0 bridgehead atoms. The van der Waals surface area contributed by atoms with E-state index in [2.05, 4.69) is 9.38 Å². The standard InChI is InChI=1S/C11H15ClN2O2S/c1-11(2,3)17(15)14-7-8-9(16-4)5-6-13-10(8)12/h5-7H,1-4H3/t17-/m1/s1. The second-order valence-electron chi connectivity index (χ2n) is 4.31. The minimum atomic E-state index is -1.33. The summed E-state index contributed by atoms with van der Waals surface area (Å²) < 4.78 is 20.5. The van der Waals surface area contributed by atoms with Crippen molar-refractivity contribution in [1.82, 2.24) is 4.98 Å². The van der Waals surface area contributed by atoms with Crippen molar-refractivity contribution in [1.29, 1.82) is 0 Å². The quantitative estimate of drug-likeness (QED) is 0.629. The van der Waals surface area contributed by atoms with E-state index >= 15 is 0 Å². The predicted octanol–water partition coefficient (Wildman–Crippen LogP) is 2.62. The van der Waals surface area contributed by atoms with Crippen molar-refractivity contribution < 1.29 is 8.95 Å². The van der Waals surface area contributed by atoms with Gasteiger partial charge in [-0.15, -0.1) is 0 Å². The van der Waals surface area contributed by atoms with Crippen LogP contribution in [0.1, 0.15) is 26.3 Å². The van der Waals surface area contributed by atoms with Gasteiger partial charge in [-0.2, -0.15) is 4.40 Å². The molecule has 4 nitrogen and oxygen atoms in total. The Bertz CT molecular complexity index is 455. The van der Waals surface area contributed by atoms with E-state index in [1.807, 2.05) is 20.8 Å². The molecule has 94 valence electrons. The van der Waals surface area contributed by atoms with Gasteiger partial charge in [0.2, 0.25) is 0 Å². The van der Waals surface area contributed by atoms with Crippen LogP contribution in [-0.2, 0) is 11.0 Å². The third-order valence-electron chi connectivity index (χ3n) is 1.92. The number of ether oxygens (including phenoxy) is 1. The topological polar surface area (TPSA) is 51.6 Å². The zero-order valence-corrected chi connectivity index (χ0v) is 11.8. The second kappa shape index (κ2) is 5.60. The van der Waals surface area contributed by atoms with E-state index in [4.69, 9.17) is 16.3 Å². The van der Waals surface area contributed by atoms with Crippen LogP contribution in [0.3, 0.4) is 0 Å². The first-order chi connectivity index (χ1) is 7.86. The molecule has 0 radical (unpaired) electrons. The molecule has 0 saturated carbocycles. The maximum Gasteiger partial charge on any atom is 0.144 e. The zero-order chi connectivity index (χ0) is 13.1. The van der Waals surface area contributed by atoms with E-state index in [9.17, 15) is 4.21 Å². The maximum atomic E-state index is 11.8. The van der Waals surface area contributed by atoms with Crippen LogP contribution in [0, 0.1) is 0 Å². The summed E-state index contributed by atoms with van der Waals surface area (Å²) >= 11 is 5.92. The third kappa shape index (κ3) is 3.78. The van der Waals surface area contributed by atoms with Gasteiger partial charge in [-0.25, -0.2) is 9.19 Å². The molecule has 6 heteroatoms. The van der Waals surface area contributed by atoms with Gasteiger partial charge in [0.05, 0.1) is 23.6 Å². The SMILES string of the molecule is COc1ccnc(Cl)c1C=N[S@](=O)C(C)(C)C. The number of nitrogens with zero attached hydrogens (tertiary/aromatic N) is 2. The van der Waals surface area contributed by atoms with Crippen molar-refractivity contribution in [3.63, 3.8) is 0 Å². The summed E-state index contributed by atoms with van der Waals surface area (Å²) in [6.45, 7) is 5.55. The number of hydrogen-bond acceptors (Lipinski definition) is 3. The van der Waals surface area contributed by atoms with E-state index < -0.39 is 15.7 Å². The normalized spacial score (nSPS) is 13.9. The zero-order valence-electron chi connectivity index (χ0n) is 10.2. The lowest BCUT2D eigenvalue weighted by molar-refractivity contribution is 0.413. The first-order valence-corrected chi connectivity index (χ1v) is 6.49. The first-order valence-electron chi connectivity index (χ1n) is 5.01. The van der Waals surface area contributed by atoms with Crippen molar-refractivity contribution in [2.24, 2.45) is 4.40 Å². The molecule has 0 spiro atoms. The Labute approximate surface area is 109 Å². The molecule has 0 aromatic carbocycles. The molecule has 1 heterocycles. The van der Waals surface area contributed by atoms with Crippen molar-refractivity contribution in [2.75, 3.05) is 7.11 Å².